The number of aliphatic hydroxyl groups is 1. The molecule has 1 heterocycles. The number of aryl methyl sites for hydroxylation is 1. The lowest BCUT2D eigenvalue weighted by molar-refractivity contribution is -0.148. The normalized spacial score (nSPS) is 27.5. The molecule has 5 rings (SSSR count). The maximum Gasteiger partial charge on any atom is 0.222 e. The molecule has 2 aromatic rings. The van der Waals surface area contributed by atoms with E-state index in [0.717, 1.165) is 88.2 Å². The molecule has 3 atom stereocenters. The van der Waals surface area contributed by atoms with Crippen molar-refractivity contribution in [1.29, 1.82) is 0 Å². The van der Waals surface area contributed by atoms with Crippen LogP contribution >= 0.6 is 0 Å². The number of amides is 1. The van der Waals surface area contributed by atoms with Gasteiger partial charge in [0.25, 0.3) is 0 Å². The van der Waals surface area contributed by atoms with E-state index in [-0.39, 0.29) is 17.4 Å². The molecule has 0 aromatic heterocycles. The van der Waals surface area contributed by atoms with E-state index in [1.165, 1.54) is 18.4 Å². The van der Waals surface area contributed by atoms with Crippen molar-refractivity contribution >= 4 is 5.91 Å². The van der Waals surface area contributed by atoms with E-state index in [9.17, 15) is 9.90 Å². The number of benzene rings is 2. The van der Waals surface area contributed by atoms with Gasteiger partial charge in [-0.2, -0.15) is 0 Å². The Labute approximate surface area is 229 Å². The van der Waals surface area contributed by atoms with Crippen LogP contribution < -0.4 is 4.74 Å². The van der Waals surface area contributed by atoms with Crippen molar-refractivity contribution in [2.75, 3.05) is 33.8 Å². The van der Waals surface area contributed by atoms with Gasteiger partial charge >= 0.3 is 0 Å². The van der Waals surface area contributed by atoms with Gasteiger partial charge in [-0.05, 0) is 93.5 Å². The lowest BCUT2D eigenvalue weighted by Gasteiger charge is -2.59. The Kier molecular flexibility index (Phi) is 8.44. The summed E-state index contributed by atoms with van der Waals surface area (Å²) in [7, 11) is 3.69. The number of unbranched alkanes of at least 4 members (excludes halogenated alkanes) is 2. The second kappa shape index (κ2) is 11.8. The average Bonchev–Trinajstić information content (AvgIpc) is 3.76. The second-order valence-corrected chi connectivity index (χ2v) is 12.2. The zero-order valence-corrected chi connectivity index (χ0v) is 23.4. The zero-order valence-electron chi connectivity index (χ0n) is 23.4. The van der Waals surface area contributed by atoms with Crippen molar-refractivity contribution in [3.63, 3.8) is 0 Å². The number of methoxy groups -OCH3 is 1. The molecule has 38 heavy (non-hydrogen) atoms. The van der Waals surface area contributed by atoms with Crippen LogP contribution in [0.3, 0.4) is 0 Å². The van der Waals surface area contributed by atoms with Crippen molar-refractivity contribution in [3.05, 3.63) is 65.7 Å². The van der Waals surface area contributed by atoms with Crippen LogP contribution in [0.15, 0.2) is 54.6 Å². The predicted octanol–water partition coefficient (Wildman–Crippen LogP) is 5.59. The van der Waals surface area contributed by atoms with Gasteiger partial charge in [-0.15, -0.1) is 0 Å². The van der Waals surface area contributed by atoms with Crippen LogP contribution in [-0.4, -0.2) is 66.2 Å². The number of carbonyl (C=O) groups is 1. The molecule has 2 aliphatic carbocycles. The number of hydrogen-bond acceptors (Lipinski definition) is 4. The molecule has 0 radical (unpaired) electrons. The van der Waals surface area contributed by atoms with E-state index in [4.69, 9.17) is 4.74 Å². The lowest BCUT2D eigenvalue weighted by Crippen LogP contribution is -2.67. The highest BCUT2D eigenvalue weighted by atomic mass is 16.5. The summed E-state index contributed by atoms with van der Waals surface area (Å²) in [6.07, 6.45) is 10.8. The molecule has 5 heteroatoms. The zero-order chi connectivity index (χ0) is 26.6. The van der Waals surface area contributed by atoms with Crippen molar-refractivity contribution in [1.82, 2.24) is 9.80 Å². The number of rotatable bonds is 11. The second-order valence-electron chi connectivity index (χ2n) is 12.2. The van der Waals surface area contributed by atoms with Crippen LogP contribution in [0, 0.1) is 5.92 Å². The summed E-state index contributed by atoms with van der Waals surface area (Å²) in [4.78, 5) is 17.8. The minimum atomic E-state index is -0.787. The fourth-order valence-corrected chi connectivity index (χ4v) is 7.11. The van der Waals surface area contributed by atoms with Crippen molar-refractivity contribution in [3.8, 4) is 5.75 Å². The van der Waals surface area contributed by atoms with E-state index in [2.05, 4.69) is 47.4 Å². The van der Waals surface area contributed by atoms with Gasteiger partial charge in [-0.3, -0.25) is 4.79 Å². The smallest absolute Gasteiger partial charge is 0.222 e. The number of ether oxygens (including phenoxy) is 1. The molecule has 206 valence electrons. The molecule has 0 bridgehead atoms. The van der Waals surface area contributed by atoms with E-state index in [1.807, 2.05) is 24.1 Å². The van der Waals surface area contributed by atoms with E-state index in [0.29, 0.717) is 6.42 Å². The highest BCUT2D eigenvalue weighted by Gasteiger charge is 2.58. The number of likely N-dealkylation sites (tertiary alicyclic amines) is 1. The molecule has 3 fully saturated rings. The minimum Gasteiger partial charge on any atom is -0.497 e. The van der Waals surface area contributed by atoms with Crippen LogP contribution in [0.4, 0.5) is 0 Å². The number of piperidine rings is 1. The molecule has 2 saturated carbocycles. The van der Waals surface area contributed by atoms with Gasteiger partial charge in [-0.25, -0.2) is 0 Å². The number of fused-ring (bicyclic) bond motifs is 1. The van der Waals surface area contributed by atoms with Gasteiger partial charge in [0, 0.05) is 38.0 Å². The third-order valence-corrected chi connectivity index (χ3v) is 9.68. The molecule has 2 aromatic carbocycles. The van der Waals surface area contributed by atoms with Gasteiger partial charge in [0.15, 0.2) is 0 Å². The lowest BCUT2D eigenvalue weighted by atomic mass is 9.55. The summed E-state index contributed by atoms with van der Waals surface area (Å²) < 4.78 is 5.59. The maximum atomic E-state index is 13.3. The summed E-state index contributed by atoms with van der Waals surface area (Å²) in [5.74, 6) is 1.89. The largest absolute Gasteiger partial charge is 0.497 e. The summed E-state index contributed by atoms with van der Waals surface area (Å²) >= 11 is 0. The van der Waals surface area contributed by atoms with Crippen molar-refractivity contribution < 1.29 is 14.6 Å². The number of carbonyl (C=O) groups excluding carboxylic acids is 1. The molecular formula is C33H46N2O3. The molecule has 3 aliphatic rings. The maximum absolute atomic E-state index is 13.3. The summed E-state index contributed by atoms with van der Waals surface area (Å²) in [5, 5.41) is 12.3. The SMILES string of the molecule is COc1cccc([C@@]23CCN(CC4CC4)C[C@@]2(O)CC[C@H](N(C)C(=O)CCCCCc2ccccc2)C3)c1. The van der Waals surface area contributed by atoms with Gasteiger partial charge in [0.1, 0.15) is 5.75 Å². The van der Waals surface area contributed by atoms with Crippen molar-refractivity contribution in [2.24, 2.45) is 5.92 Å². The number of nitrogens with zero attached hydrogens (tertiary/aromatic N) is 2. The monoisotopic (exact) mass is 518 g/mol. The topological polar surface area (TPSA) is 53.0 Å². The molecule has 1 amide bonds. The highest BCUT2D eigenvalue weighted by Crippen LogP contribution is 2.53. The Morgan fingerprint density at radius 2 is 1.87 bits per heavy atom. The first-order valence-corrected chi connectivity index (χ1v) is 14.8. The van der Waals surface area contributed by atoms with Gasteiger partial charge in [0.05, 0.1) is 12.7 Å². The Morgan fingerprint density at radius 1 is 1.05 bits per heavy atom. The van der Waals surface area contributed by atoms with Crippen LogP contribution in [0.1, 0.15) is 75.3 Å². The Bertz CT molecular complexity index is 1070. The van der Waals surface area contributed by atoms with E-state index >= 15 is 0 Å². The van der Waals surface area contributed by atoms with Gasteiger partial charge < -0.3 is 19.6 Å². The quantitative estimate of drug-likeness (QED) is 0.394. The summed E-state index contributed by atoms with van der Waals surface area (Å²) in [5.41, 5.74) is 1.38. The van der Waals surface area contributed by atoms with E-state index in [1.54, 1.807) is 7.11 Å². The molecule has 0 spiro atoms. The predicted molar refractivity (Wildman–Crippen MR) is 152 cm³/mol. The standard InChI is InChI=1S/C33H46N2O3/c1-34(31(36)15-8-4-7-12-26-10-5-3-6-11-26)29-18-19-33(37)25-35(24-27-16-17-27)21-20-32(33,23-29)28-13-9-14-30(22-28)38-2/h3,5-6,9-11,13-14,22,27,29,37H,4,7-8,12,15-21,23-25H2,1-2H3/t29-,32-,33-/m0/s1. The summed E-state index contributed by atoms with van der Waals surface area (Å²) in [6, 6.07) is 19.1. The molecule has 1 saturated heterocycles. The Balaban J connectivity index is 1.24. The fraction of sp³-hybridized carbons (Fsp3) is 0.606. The number of β-amino-alcohol motifs (C(OH)–C–C–N with tert-alkyl or cyclic N) is 1. The van der Waals surface area contributed by atoms with Gasteiger partial charge in [0.2, 0.25) is 5.91 Å². The third kappa shape index (κ3) is 5.94. The molecule has 0 unspecified atom stereocenters. The molecular weight excluding hydrogens is 472 g/mol. The first kappa shape index (κ1) is 27.2. The number of hydrogen-bond donors (Lipinski definition) is 1. The fourth-order valence-electron chi connectivity index (χ4n) is 7.11. The Morgan fingerprint density at radius 3 is 2.63 bits per heavy atom. The van der Waals surface area contributed by atoms with Crippen molar-refractivity contribution in [2.45, 2.75) is 87.7 Å². The average molecular weight is 519 g/mol. The first-order valence-electron chi connectivity index (χ1n) is 14.8. The first-order chi connectivity index (χ1) is 18.4. The van der Waals surface area contributed by atoms with Crippen LogP contribution in [-0.2, 0) is 16.6 Å². The minimum absolute atomic E-state index is 0.147. The van der Waals surface area contributed by atoms with Gasteiger partial charge in [-0.1, -0.05) is 48.9 Å². The summed E-state index contributed by atoms with van der Waals surface area (Å²) in [6.45, 7) is 2.84. The van der Waals surface area contributed by atoms with Crippen LogP contribution in [0.2, 0.25) is 0 Å². The third-order valence-electron chi connectivity index (χ3n) is 9.68. The molecule has 5 nitrogen and oxygen atoms in total. The highest BCUT2D eigenvalue weighted by molar-refractivity contribution is 5.76. The van der Waals surface area contributed by atoms with Crippen LogP contribution in [0.25, 0.3) is 0 Å². The molecule has 1 aliphatic heterocycles. The Hall–Kier alpha value is -2.37. The van der Waals surface area contributed by atoms with E-state index < -0.39 is 5.60 Å². The van der Waals surface area contributed by atoms with Crippen LogP contribution in [0.5, 0.6) is 5.75 Å². The molecule has 1 N–H and O–H groups in total.